The van der Waals surface area contributed by atoms with E-state index in [0.29, 0.717) is 13.0 Å². The molecule has 0 aliphatic carbocycles. The summed E-state index contributed by atoms with van der Waals surface area (Å²) >= 11 is 0. The minimum atomic E-state index is -2.00. The van der Waals surface area contributed by atoms with Gasteiger partial charge in [0.05, 0.1) is 7.11 Å². The van der Waals surface area contributed by atoms with Crippen LogP contribution in [0.2, 0.25) is 0 Å². The Hall–Kier alpha value is -1.96. The number of amides is 3. The molecule has 4 heterocycles. The van der Waals surface area contributed by atoms with E-state index in [1.54, 1.807) is 0 Å². The lowest BCUT2D eigenvalue weighted by Gasteiger charge is -2.35. The maximum Gasteiger partial charge on any atom is 0.349 e. The first-order valence-electron chi connectivity index (χ1n) is 7.23. The van der Waals surface area contributed by atoms with Gasteiger partial charge in [0, 0.05) is 20.0 Å². The van der Waals surface area contributed by atoms with E-state index in [2.05, 4.69) is 0 Å². The van der Waals surface area contributed by atoms with Crippen molar-refractivity contribution in [3.8, 4) is 0 Å². The van der Waals surface area contributed by atoms with Crippen molar-refractivity contribution in [2.45, 2.75) is 24.7 Å². The van der Waals surface area contributed by atoms with Crippen LogP contribution < -0.4 is 0 Å². The predicted molar refractivity (Wildman–Crippen MR) is 68.8 cm³/mol. The Bertz CT molecular complexity index is 647. The molecule has 8 heteroatoms. The van der Waals surface area contributed by atoms with Gasteiger partial charge in [-0.05, 0) is 5.92 Å². The second-order valence-corrected chi connectivity index (χ2v) is 6.59. The Kier molecular flexibility index (Phi) is 2.29. The number of ether oxygens (including phenoxy) is 2. The largest absolute Gasteiger partial charge is 0.466 e. The van der Waals surface area contributed by atoms with E-state index in [4.69, 9.17) is 9.47 Å². The topological polar surface area (TPSA) is 93.2 Å². The SMILES string of the molecule is COC(=O)[C@@]12O[C@]3(C[C@H](C)CN3C1=O)[C@@H]1C(=O)N(C)C(=O)[C@@H]12. The number of methoxy groups -OCH3 is 1. The molecule has 0 N–H and O–H groups in total. The van der Waals surface area contributed by atoms with Crippen LogP contribution in [0.25, 0.3) is 0 Å². The summed E-state index contributed by atoms with van der Waals surface area (Å²) in [6.45, 7) is 2.35. The fourth-order valence-electron chi connectivity index (χ4n) is 4.65. The number of fused-ring (bicyclic) bond motifs is 3. The van der Waals surface area contributed by atoms with Crippen LogP contribution in [-0.2, 0) is 28.7 Å². The number of esters is 1. The number of likely N-dealkylation sites (tertiary alicyclic amines) is 1. The highest BCUT2D eigenvalue weighted by Gasteiger charge is 2.86. The van der Waals surface area contributed by atoms with Crippen molar-refractivity contribution in [2.24, 2.45) is 17.8 Å². The van der Waals surface area contributed by atoms with Crippen LogP contribution in [0.1, 0.15) is 13.3 Å². The Balaban J connectivity index is 1.95. The molecule has 3 amide bonds. The van der Waals surface area contributed by atoms with Crippen LogP contribution in [-0.4, -0.2) is 65.5 Å². The van der Waals surface area contributed by atoms with Gasteiger partial charge in [-0.1, -0.05) is 6.92 Å². The number of hydrogen-bond donors (Lipinski definition) is 0. The van der Waals surface area contributed by atoms with Gasteiger partial charge >= 0.3 is 5.97 Å². The molecule has 1 spiro atoms. The minimum Gasteiger partial charge on any atom is -0.466 e. The highest BCUT2D eigenvalue weighted by Crippen LogP contribution is 2.63. The smallest absolute Gasteiger partial charge is 0.349 e. The number of nitrogens with zero attached hydrogens (tertiary/aromatic N) is 2. The first-order valence-corrected chi connectivity index (χ1v) is 7.23. The Morgan fingerprint density at radius 1 is 1.27 bits per heavy atom. The standard InChI is InChI=1S/C14H16N2O6/c1-6-4-13-7-8(10(18)15(2)9(7)17)14(22-13,12(20)21-3)11(19)16(13)5-6/h6-8H,4-5H2,1-3H3/t6-,7-,8+,13+,14-/m0/s1. The summed E-state index contributed by atoms with van der Waals surface area (Å²) in [6, 6.07) is 0. The van der Waals surface area contributed by atoms with Gasteiger partial charge in [0.15, 0.2) is 5.72 Å². The van der Waals surface area contributed by atoms with E-state index < -0.39 is 46.9 Å². The number of rotatable bonds is 1. The molecule has 8 nitrogen and oxygen atoms in total. The van der Waals surface area contributed by atoms with E-state index in [1.165, 1.54) is 11.9 Å². The molecule has 0 aromatic carbocycles. The van der Waals surface area contributed by atoms with Crippen LogP contribution in [0.5, 0.6) is 0 Å². The third-order valence-corrected chi connectivity index (χ3v) is 5.43. The highest BCUT2D eigenvalue weighted by atomic mass is 16.6. The quantitative estimate of drug-likeness (QED) is 0.341. The molecule has 4 rings (SSSR count). The zero-order valence-corrected chi connectivity index (χ0v) is 12.5. The van der Waals surface area contributed by atoms with E-state index in [0.717, 1.165) is 12.0 Å². The lowest BCUT2D eigenvalue weighted by Crippen LogP contribution is -2.60. The van der Waals surface area contributed by atoms with Crippen molar-refractivity contribution in [1.29, 1.82) is 0 Å². The molecule has 5 atom stereocenters. The molecule has 4 fully saturated rings. The van der Waals surface area contributed by atoms with Gasteiger partial charge in [0.25, 0.3) is 11.5 Å². The molecular formula is C14H16N2O6. The molecule has 0 unspecified atom stereocenters. The Morgan fingerprint density at radius 3 is 2.55 bits per heavy atom. The summed E-state index contributed by atoms with van der Waals surface area (Å²) < 4.78 is 10.6. The Labute approximate surface area is 126 Å². The van der Waals surface area contributed by atoms with Gasteiger partial charge in [0.2, 0.25) is 11.8 Å². The fourth-order valence-corrected chi connectivity index (χ4v) is 4.65. The summed E-state index contributed by atoms with van der Waals surface area (Å²) in [6.07, 6.45) is 0.436. The Morgan fingerprint density at radius 2 is 1.91 bits per heavy atom. The number of carbonyl (C=O) groups is 4. The molecule has 0 aromatic rings. The second-order valence-electron chi connectivity index (χ2n) is 6.59. The number of piperidine rings is 1. The molecule has 0 aromatic heterocycles. The first-order chi connectivity index (χ1) is 10.3. The molecular weight excluding hydrogens is 292 g/mol. The van der Waals surface area contributed by atoms with E-state index in [9.17, 15) is 19.2 Å². The van der Waals surface area contributed by atoms with E-state index in [1.807, 2.05) is 6.92 Å². The maximum absolute atomic E-state index is 12.8. The summed E-state index contributed by atoms with van der Waals surface area (Å²) in [5.74, 6) is -4.22. The highest BCUT2D eigenvalue weighted by molar-refractivity contribution is 6.19. The van der Waals surface area contributed by atoms with E-state index >= 15 is 0 Å². The zero-order chi connectivity index (χ0) is 16.0. The van der Waals surface area contributed by atoms with Gasteiger partial charge in [-0.25, -0.2) is 4.79 Å². The van der Waals surface area contributed by atoms with Crippen LogP contribution >= 0.6 is 0 Å². The summed E-state index contributed by atoms with van der Waals surface area (Å²) in [5, 5.41) is 0. The summed E-state index contributed by atoms with van der Waals surface area (Å²) in [7, 11) is 2.52. The summed E-state index contributed by atoms with van der Waals surface area (Å²) in [5.41, 5.74) is -3.19. The van der Waals surface area contributed by atoms with Crippen molar-refractivity contribution in [1.82, 2.24) is 9.80 Å². The van der Waals surface area contributed by atoms with Gasteiger partial charge in [-0.3, -0.25) is 19.3 Å². The van der Waals surface area contributed by atoms with Crippen molar-refractivity contribution < 1.29 is 28.7 Å². The lowest BCUT2D eigenvalue weighted by molar-refractivity contribution is -0.177. The molecule has 4 aliphatic heterocycles. The van der Waals surface area contributed by atoms with Crippen LogP contribution in [0.3, 0.4) is 0 Å². The average molecular weight is 308 g/mol. The van der Waals surface area contributed by atoms with Crippen molar-refractivity contribution >= 4 is 23.7 Å². The van der Waals surface area contributed by atoms with Crippen LogP contribution in [0, 0.1) is 17.8 Å². The second kappa shape index (κ2) is 3.68. The molecule has 4 saturated heterocycles. The van der Waals surface area contributed by atoms with Crippen LogP contribution in [0.4, 0.5) is 0 Å². The number of hydrogen-bond acceptors (Lipinski definition) is 6. The van der Waals surface area contributed by atoms with Crippen molar-refractivity contribution in [2.75, 3.05) is 20.7 Å². The monoisotopic (exact) mass is 308 g/mol. The van der Waals surface area contributed by atoms with Gasteiger partial charge in [-0.2, -0.15) is 0 Å². The van der Waals surface area contributed by atoms with Crippen LogP contribution in [0.15, 0.2) is 0 Å². The zero-order valence-electron chi connectivity index (χ0n) is 12.5. The van der Waals surface area contributed by atoms with E-state index in [-0.39, 0.29) is 5.92 Å². The van der Waals surface area contributed by atoms with Crippen molar-refractivity contribution in [3.63, 3.8) is 0 Å². The first kappa shape index (κ1) is 13.7. The third kappa shape index (κ3) is 1.10. The molecule has 4 aliphatic rings. The normalized spacial score (nSPS) is 45.6. The van der Waals surface area contributed by atoms with Crippen molar-refractivity contribution in [3.05, 3.63) is 0 Å². The summed E-state index contributed by atoms with van der Waals surface area (Å²) in [4.78, 5) is 52.6. The fraction of sp³-hybridized carbons (Fsp3) is 0.714. The van der Waals surface area contributed by atoms with Gasteiger partial charge < -0.3 is 14.4 Å². The van der Waals surface area contributed by atoms with Gasteiger partial charge in [0.1, 0.15) is 11.8 Å². The molecule has 2 bridgehead atoms. The minimum absolute atomic E-state index is 0.132. The third-order valence-electron chi connectivity index (χ3n) is 5.43. The average Bonchev–Trinajstić information content (AvgIpc) is 3.11. The molecule has 118 valence electrons. The lowest BCUT2D eigenvalue weighted by atomic mass is 9.74. The number of imide groups is 1. The molecule has 22 heavy (non-hydrogen) atoms. The number of carbonyl (C=O) groups excluding carboxylic acids is 4. The molecule has 0 saturated carbocycles. The van der Waals surface area contributed by atoms with Gasteiger partial charge in [-0.15, -0.1) is 0 Å². The maximum atomic E-state index is 12.8. The predicted octanol–water partition coefficient (Wildman–Crippen LogP) is -1.26. The molecule has 0 radical (unpaired) electrons.